The molecular weight excluding hydrogens is 172 g/mol. The van der Waals surface area contributed by atoms with E-state index in [1.165, 1.54) is 23.3 Å². The molecule has 1 aromatic heterocycles. The minimum atomic E-state index is 0.455. The molecule has 3 nitrogen and oxygen atoms in total. The summed E-state index contributed by atoms with van der Waals surface area (Å²) >= 11 is 1.48. The van der Waals surface area contributed by atoms with Gasteiger partial charge in [-0.2, -0.15) is 0 Å². The van der Waals surface area contributed by atoms with Crippen LogP contribution < -0.4 is 5.06 Å². The lowest BCUT2D eigenvalue weighted by Gasteiger charge is -2.20. The molecule has 0 spiro atoms. The maximum absolute atomic E-state index is 10.9. The average Bonchev–Trinajstić information content (AvgIpc) is 2.30. The number of rotatable bonds is 2. The number of hydrogen-bond acceptors (Lipinski definition) is 4. The molecule has 0 aliphatic heterocycles. The Morgan fingerprint density at radius 2 is 2.08 bits per heavy atom. The smallest absolute Gasteiger partial charge is 0.174 e. The Hall–Kier alpha value is -0.610. The third-order valence-electron chi connectivity index (χ3n) is 1.61. The molecular formula is C8H13N2OS-. The van der Waals surface area contributed by atoms with Crippen LogP contribution in [0.25, 0.3) is 0 Å². The lowest BCUT2D eigenvalue weighted by Crippen LogP contribution is -2.04. The van der Waals surface area contributed by atoms with Crippen LogP contribution in [0.4, 0.5) is 5.13 Å². The van der Waals surface area contributed by atoms with Gasteiger partial charge < -0.3 is 10.3 Å². The summed E-state index contributed by atoms with van der Waals surface area (Å²) in [6.07, 6.45) is 0. The molecule has 0 saturated heterocycles. The predicted molar refractivity (Wildman–Crippen MR) is 52.7 cm³/mol. The number of thiazole rings is 1. The van der Waals surface area contributed by atoms with E-state index in [1.807, 2.05) is 6.92 Å². The van der Waals surface area contributed by atoms with Crippen molar-refractivity contribution in [2.45, 2.75) is 26.7 Å². The van der Waals surface area contributed by atoms with Crippen molar-refractivity contribution < 1.29 is 0 Å². The van der Waals surface area contributed by atoms with Gasteiger partial charge in [0.15, 0.2) is 5.13 Å². The Kier molecular flexibility index (Phi) is 2.69. The molecule has 0 aliphatic rings. The highest BCUT2D eigenvalue weighted by Gasteiger charge is 2.09. The van der Waals surface area contributed by atoms with Crippen LogP contribution >= 0.6 is 11.3 Å². The van der Waals surface area contributed by atoms with Crippen molar-refractivity contribution in [1.29, 1.82) is 0 Å². The summed E-state index contributed by atoms with van der Waals surface area (Å²) in [5, 5.41) is 12.3. The summed E-state index contributed by atoms with van der Waals surface area (Å²) in [7, 11) is 1.47. The summed E-state index contributed by atoms with van der Waals surface area (Å²) in [6, 6.07) is 0. The Balaban J connectivity index is 3.00. The number of aromatic nitrogens is 1. The molecule has 1 aromatic rings. The summed E-state index contributed by atoms with van der Waals surface area (Å²) in [5.41, 5.74) is 0.979. The molecule has 1 rings (SSSR count). The standard InChI is InChI=1S/C8H13N2OS/c1-5(2)7-6(3)9-8(12-7)10(4)11/h5H,1-4H3/q-1. The zero-order valence-electron chi connectivity index (χ0n) is 7.79. The Labute approximate surface area is 76.6 Å². The van der Waals surface area contributed by atoms with Crippen LogP contribution in [0.15, 0.2) is 0 Å². The van der Waals surface area contributed by atoms with Crippen LogP contribution in [-0.2, 0) is 0 Å². The first-order valence-electron chi connectivity index (χ1n) is 3.90. The summed E-state index contributed by atoms with van der Waals surface area (Å²) in [5.74, 6) is 0.455. The van der Waals surface area contributed by atoms with Crippen LogP contribution in [0, 0.1) is 12.1 Å². The molecule has 0 fully saturated rings. The van der Waals surface area contributed by atoms with Crippen molar-refractivity contribution >= 4 is 16.5 Å². The molecule has 0 amide bonds. The van der Waals surface area contributed by atoms with Gasteiger partial charge in [0.1, 0.15) is 0 Å². The van der Waals surface area contributed by atoms with Gasteiger partial charge in [-0.3, -0.25) is 0 Å². The molecule has 4 heteroatoms. The zero-order chi connectivity index (χ0) is 9.30. The van der Waals surface area contributed by atoms with Gasteiger partial charge in [-0.1, -0.05) is 13.8 Å². The predicted octanol–water partition coefficient (Wildman–Crippen LogP) is 2.51. The van der Waals surface area contributed by atoms with E-state index < -0.39 is 0 Å². The molecule has 0 aliphatic carbocycles. The van der Waals surface area contributed by atoms with Gasteiger partial charge in [0.25, 0.3) is 0 Å². The third-order valence-corrected chi connectivity index (χ3v) is 3.13. The third kappa shape index (κ3) is 1.76. The van der Waals surface area contributed by atoms with Gasteiger partial charge in [-0.15, -0.1) is 11.3 Å². The largest absolute Gasteiger partial charge is 0.757 e. The quantitative estimate of drug-likeness (QED) is 0.664. The number of hydrogen-bond donors (Lipinski definition) is 0. The molecule has 0 N–H and O–H groups in total. The van der Waals surface area contributed by atoms with E-state index in [4.69, 9.17) is 0 Å². The normalized spacial score (nSPS) is 10.8. The van der Waals surface area contributed by atoms with Gasteiger partial charge in [0.05, 0.1) is 5.69 Å². The monoisotopic (exact) mass is 185 g/mol. The molecule has 0 unspecified atom stereocenters. The highest BCUT2D eigenvalue weighted by atomic mass is 32.1. The second-order valence-corrected chi connectivity index (χ2v) is 4.11. The minimum absolute atomic E-state index is 0.455. The Morgan fingerprint density at radius 3 is 2.33 bits per heavy atom. The summed E-state index contributed by atoms with van der Waals surface area (Å²) in [4.78, 5) is 5.36. The highest BCUT2D eigenvalue weighted by molar-refractivity contribution is 7.15. The van der Waals surface area contributed by atoms with E-state index in [0.717, 1.165) is 10.8 Å². The van der Waals surface area contributed by atoms with Gasteiger partial charge in [-0.05, 0) is 19.9 Å². The van der Waals surface area contributed by atoms with Crippen LogP contribution in [0.2, 0.25) is 0 Å². The van der Waals surface area contributed by atoms with Crippen LogP contribution in [0.5, 0.6) is 0 Å². The van der Waals surface area contributed by atoms with E-state index in [1.54, 1.807) is 0 Å². The summed E-state index contributed by atoms with van der Waals surface area (Å²) in [6.45, 7) is 6.16. The Morgan fingerprint density at radius 1 is 1.50 bits per heavy atom. The van der Waals surface area contributed by atoms with E-state index in [0.29, 0.717) is 11.0 Å². The molecule has 0 radical (unpaired) electrons. The lowest BCUT2D eigenvalue weighted by atomic mass is 10.1. The second kappa shape index (κ2) is 3.41. The minimum Gasteiger partial charge on any atom is -0.757 e. The van der Waals surface area contributed by atoms with Crippen molar-refractivity contribution in [2.24, 2.45) is 0 Å². The fourth-order valence-electron chi connectivity index (χ4n) is 1.06. The first-order valence-corrected chi connectivity index (χ1v) is 4.72. The second-order valence-electron chi connectivity index (χ2n) is 3.10. The van der Waals surface area contributed by atoms with Crippen molar-refractivity contribution in [3.63, 3.8) is 0 Å². The molecule has 0 atom stereocenters. The maximum atomic E-state index is 10.9. The number of anilines is 1. The maximum Gasteiger partial charge on any atom is 0.174 e. The van der Waals surface area contributed by atoms with Gasteiger partial charge >= 0.3 is 0 Å². The van der Waals surface area contributed by atoms with Gasteiger partial charge in [0.2, 0.25) is 0 Å². The number of hydroxylamine groups is 1. The van der Waals surface area contributed by atoms with E-state index in [9.17, 15) is 5.21 Å². The van der Waals surface area contributed by atoms with E-state index in [-0.39, 0.29) is 0 Å². The molecule has 1 heterocycles. The lowest BCUT2D eigenvalue weighted by molar-refractivity contribution is 0.873. The first kappa shape index (κ1) is 9.48. The van der Waals surface area contributed by atoms with Crippen molar-refractivity contribution in [3.8, 4) is 0 Å². The van der Waals surface area contributed by atoms with Gasteiger partial charge in [-0.25, -0.2) is 4.98 Å². The van der Waals surface area contributed by atoms with Crippen molar-refractivity contribution in [2.75, 3.05) is 12.1 Å². The number of nitrogens with zero attached hydrogens (tertiary/aromatic N) is 2. The van der Waals surface area contributed by atoms with Crippen LogP contribution in [0.3, 0.4) is 0 Å². The topological polar surface area (TPSA) is 39.2 Å². The summed E-state index contributed by atoms with van der Waals surface area (Å²) < 4.78 is 0. The molecule has 0 bridgehead atoms. The van der Waals surface area contributed by atoms with Crippen LogP contribution in [-0.4, -0.2) is 12.0 Å². The van der Waals surface area contributed by atoms with E-state index >= 15 is 0 Å². The molecule has 12 heavy (non-hydrogen) atoms. The molecule has 0 aromatic carbocycles. The fourth-order valence-corrected chi connectivity index (χ4v) is 2.00. The molecule has 0 saturated carbocycles. The SMILES string of the molecule is Cc1nc(N(C)[O-])sc1C(C)C. The first-order chi connectivity index (χ1) is 5.52. The van der Waals surface area contributed by atoms with Crippen molar-refractivity contribution in [1.82, 2.24) is 4.98 Å². The van der Waals surface area contributed by atoms with E-state index in [2.05, 4.69) is 18.8 Å². The fraction of sp³-hybridized carbons (Fsp3) is 0.625. The highest BCUT2D eigenvalue weighted by Crippen LogP contribution is 2.30. The average molecular weight is 185 g/mol. The van der Waals surface area contributed by atoms with Crippen molar-refractivity contribution in [3.05, 3.63) is 15.8 Å². The zero-order valence-corrected chi connectivity index (χ0v) is 8.60. The van der Waals surface area contributed by atoms with Crippen LogP contribution in [0.1, 0.15) is 30.3 Å². The Bertz CT molecular complexity index is 268. The number of aryl methyl sites for hydroxylation is 1. The van der Waals surface area contributed by atoms with Gasteiger partial charge in [0, 0.05) is 4.88 Å². The molecule has 68 valence electrons.